The van der Waals surface area contributed by atoms with E-state index in [0.29, 0.717) is 5.75 Å². The number of phenols is 1. The van der Waals surface area contributed by atoms with Crippen LogP contribution in [0, 0.1) is 0 Å². The van der Waals surface area contributed by atoms with E-state index in [1.807, 2.05) is 24.3 Å². The van der Waals surface area contributed by atoms with E-state index in [1.165, 1.54) is 5.56 Å². The molecule has 0 aromatic heterocycles. The molecule has 2 heteroatoms. The fourth-order valence-electron chi connectivity index (χ4n) is 1.72. The topological polar surface area (TPSA) is 29.5 Å². The van der Waals surface area contributed by atoms with Crippen LogP contribution in [0.4, 0.5) is 0 Å². The highest BCUT2D eigenvalue weighted by Crippen LogP contribution is 2.30. The third-order valence-electron chi connectivity index (χ3n) is 2.53. The highest BCUT2D eigenvalue weighted by atomic mass is 16.5. The third-order valence-corrected chi connectivity index (χ3v) is 2.53. The lowest BCUT2D eigenvalue weighted by molar-refractivity contribution is 0.411. The standard InChI is InChI=1S/C15H16O2/c1-2-6-12-7-5-8-13(11-12)17-15-10-4-3-9-14(15)16/h3-5,7-11,16H,2,6H2,1H3. The Morgan fingerprint density at radius 3 is 2.65 bits per heavy atom. The molecular formula is C15H16O2. The summed E-state index contributed by atoms with van der Waals surface area (Å²) in [5, 5.41) is 9.62. The van der Waals surface area contributed by atoms with Gasteiger partial charge in [-0.15, -0.1) is 0 Å². The van der Waals surface area contributed by atoms with Crippen LogP contribution in [0.1, 0.15) is 18.9 Å². The minimum absolute atomic E-state index is 0.161. The maximum absolute atomic E-state index is 9.62. The van der Waals surface area contributed by atoms with Crippen LogP contribution in [0.5, 0.6) is 17.2 Å². The van der Waals surface area contributed by atoms with Gasteiger partial charge in [0.25, 0.3) is 0 Å². The van der Waals surface area contributed by atoms with E-state index in [-0.39, 0.29) is 5.75 Å². The summed E-state index contributed by atoms with van der Waals surface area (Å²) in [5.41, 5.74) is 1.25. The number of ether oxygens (including phenoxy) is 1. The van der Waals surface area contributed by atoms with Crippen LogP contribution in [-0.4, -0.2) is 5.11 Å². The van der Waals surface area contributed by atoms with Crippen molar-refractivity contribution in [1.29, 1.82) is 0 Å². The molecule has 0 aliphatic carbocycles. The molecule has 0 amide bonds. The number of para-hydroxylation sites is 2. The predicted molar refractivity (Wildman–Crippen MR) is 68.6 cm³/mol. The number of hydrogen-bond acceptors (Lipinski definition) is 2. The molecule has 0 bridgehead atoms. The monoisotopic (exact) mass is 228 g/mol. The summed E-state index contributed by atoms with van der Waals surface area (Å²) in [6.07, 6.45) is 2.15. The van der Waals surface area contributed by atoms with Crippen LogP contribution in [-0.2, 0) is 6.42 Å². The average Bonchev–Trinajstić information content (AvgIpc) is 2.33. The molecule has 0 heterocycles. The van der Waals surface area contributed by atoms with Crippen molar-refractivity contribution in [1.82, 2.24) is 0 Å². The molecule has 0 aliphatic rings. The summed E-state index contributed by atoms with van der Waals surface area (Å²) in [6, 6.07) is 14.9. The minimum Gasteiger partial charge on any atom is -0.504 e. The molecule has 0 saturated carbocycles. The van der Waals surface area contributed by atoms with Gasteiger partial charge in [-0.05, 0) is 36.2 Å². The highest BCUT2D eigenvalue weighted by Gasteiger charge is 2.02. The number of phenolic OH excluding ortho intramolecular Hbond substituents is 1. The van der Waals surface area contributed by atoms with Gasteiger partial charge in [0.2, 0.25) is 0 Å². The van der Waals surface area contributed by atoms with Crippen LogP contribution < -0.4 is 4.74 Å². The number of benzene rings is 2. The smallest absolute Gasteiger partial charge is 0.169 e. The molecule has 17 heavy (non-hydrogen) atoms. The second-order valence-corrected chi connectivity index (χ2v) is 3.97. The van der Waals surface area contributed by atoms with Crippen LogP contribution in [0.25, 0.3) is 0 Å². The van der Waals surface area contributed by atoms with Gasteiger partial charge in [0.05, 0.1) is 0 Å². The Morgan fingerprint density at radius 1 is 1.06 bits per heavy atom. The van der Waals surface area contributed by atoms with E-state index >= 15 is 0 Å². The Labute approximate surface area is 101 Å². The van der Waals surface area contributed by atoms with Crippen molar-refractivity contribution in [3.05, 3.63) is 54.1 Å². The lowest BCUT2D eigenvalue weighted by atomic mass is 10.1. The zero-order valence-corrected chi connectivity index (χ0v) is 9.89. The second kappa shape index (κ2) is 5.39. The van der Waals surface area contributed by atoms with E-state index in [0.717, 1.165) is 18.6 Å². The SMILES string of the molecule is CCCc1cccc(Oc2ccccc2O)c1. The largest absolute Gasteiger partial charge is 0.504 e. The Hall–Kier alpha value is -1.96. The van der Waals surface area contributed by atoms with Gasteiger partial charge in [0.1, 0.15) is 5.75 Å². The Balaban J connectivity index is 2.18. The van der Waals surface area contributed by atoms with E-state index in [9.17, 15) is 5.11 Å². The van der Waals surface area contributed by atoms with Crippen molar-refractivity contribution in [3.8, 4) is 17.2 Å². The molecule has 2 aromatic carbocycles. The maximum atomic E-state index is 9.62. The predicted octanol–water partition coefficient (Wildman–Crippen LogP) is 4.14. The van der Waals surface area contributed by atoms with Crippen molar-refractivity contribution in [3.63, 3.8) is 0 Å². The van der Waals surface area contributed by atoms with Gasteiger partial charge in [-0.2, -0.15) is 0 Å². The summed E-state index contributed by atoms with van der Waals surface area (Å²) < 4.78 is 5.65. The molecule has 2 nitrogen and oxygen atoms in total. The molecule has 0 radical (unpaired) electrons. The van der Waals surface area contributed by atoms with Crippen LogP contribution >= 0.6 is 0 Å². The number of aromatic hydroxyl groups is 1. The van der Waals surface area contributed by atoms with Gasteiger partial charge in [0, 0.05) is 0 Å². The first-order chi connectivity index (χ1) is 8.29. The summed E-state index contributed by atoms with van der Waals surface area (Å²) in [4.78, 5) is 0. The summed E-state index contributed by atoms with van der Waals surface area (Å²) >= 11 is 0. The fourth-order valence-corrected chi connectivity index (χ4v) is 1.72. The molecule has 0 atom stereocenters. The molecule has 1 N–H and O–H groups in total. The zero-order valence-electron chi connectivity index (χ0n) is 9.89. The van der Waals surface area contributed by atoms with Gasteiger partial charge in [-0.3, -0.25) is 0 Å². The summed E-state index contributed by atoms with van der Waals surface area (Å²) in [5.74, 6) is 1.41. The lowest BCUT2D eigenvalue weighted by Gasteiger charge is -2.08. The second-order valence-electron chi connectivity index (χ2n) is 3.97. The molecular weight excluding hydrogens is 212 g/mol. The minimum atomic E-state index is 0.161. The van der Waals surface area contributed by atoms with Gasteiger partial charge < -0.3 is 9.84 Å². The molecule has 0 saturated heterocycles. The van der Waals surface area contributed by atoms with Crippen LogP contribution in [0.15, 0.2) is 48.5 Å². The molecule has 0 fully saturated rings. The Morgan fingerprint density at radius 2 is 1.88 bits per heavy atom. The van der Waals surface area contributed by atoms with Gasteiger partial charge in [0.15, 0.2) is 11.5 Å². The number of aryl methyl sites for hydroxylation is 1. The van der Waals surface area contributed by atoms with Gasteiger partial charge >= 0.3 is 0 Å². The van der Waals surface area contributed by atoms with E-state index in [4.69, 9.17) is 4.74 Å². The summed E-state index contributed by atoms with van der Waals surface area (Å²) in [6.45, 7) is 2.15. The first-order valence-corrected chi connectivity index (χ1v) is 5.84. The number of hydrogen-bond donors (Lipinski definition) is 1. The highest BCUT2D eigenvalue weighted by molar-refractivity contribution is 5.42. The van der Waals surface area contributed by atoms with E-state index in [1.54, 1.807) is 18.2 Å². The molecule has 88 valence electrons. The molecule has 2 aromatic rings. The van der Waals surface area contributed by atoms with Crippen molar-refractivity contribution >= 4 is 0 Å². The lowest BCUT2D eigenvalue weighted by Crippen LogP contribution is -1.87. The van der Waals surface area contributed by atoms with E-state index in [2.05, 4.69) is 13.0 Å². The average molecular weight is 228 g/mol. The summed E-state index contributed by atoms with van der Waals surface area (Å²) in [7, 11) is 0. The first kappa shape index (κ1) is 11.5. The molecule has 2 rings (SSSR count). The van der Waals surface area contributed by atoms with Gasteiger partial charge in [-0.1, -0.05) is 37.6 Å². The van der Waals surface area contributed by atoms with E-state index < -0.39 is 0 Å². The van der Waals surface area contributed by atoms with Crippen molar-refractivity contribution in [2.75, 3.05) is 0 Å². The Kier molecular flexibility index (Phi) is 3.66. The number of rotatable bonds is 4. The van der Waals surface area contributed by atoms with Crippen molar-refractivity contribution in [2.45, 2.75) is 19.8 Å². The molecule has 0 unspecified atom stereocenters. The van der Waals surface area contributed by atoms with Crippen molar-refractivity contribution in [2.24, 2.45) is 0 Å². The third kappa shape index (κ3) is 3.00. The Bertz CT molecular complexity index is 492. The van der Waals surface area contributed by atoms with Gasteiger partial charge in [-0.25, -0.2) is 0 Å². The molecule has 0 spiro atoms. The fraction of sp³-hybridized carbons (Fsp3) is 0.200. The molecule has 0 aliphatic heterocycles. The maximum Gasteiger partial charge on any atom is 0.169 e. The quantitative estimate of drug-likeness (QED) is 0.852. The van der Waals surface area contributed by atoms with Crippen molar-refractivity contribution < 1.29 is 9.84 Å². The van der Waals surface area contributed by atoms with Crippen LogP contribution in [0.3, 0.4) is 0 Å². The normalized spacial score (nSPS) is 10.2. The van der Waals surface area contributed by atoms with Crippen LogP contribution in [0.2, 0.25) is 0 Å². The zero-order chi connectivity index (χ0) is 12.1. The first-order valence-electron chi connectivity index (χ1n) is 5.84.